The molecule has 0 aliphatic heterocycles. The molecule has 0 aromatic carbocycles. The number of quaternary nitrogens is 1. The number of carboxylic acids is 1. The Morgan fingerprint density at radius 2 is 0.576 bits per heavy atom. The Morgan fingerprint density at radius 3 is 0.859 bits per heavy atom. The molecule has 0 aromatic rings. The third-order valence-electron chi connectivity index (χ3n) is 19.8. The summed E-state index contributed by atoms with van der Waals surface area (Å²) < 4.78 is 22.9. The van der Waals surface area contributed by atoms with E-state index in [1.54, 1.807) is 0 Å². The van der Waals surface area contributed by atoms with Gasteiger partial charge in [0.15, 0.2) is 12.4 Å². The summed E-state index contributed by atoms with van der Waals surface area (Å²) in [5, 5.41) is 11.9. The summed E-state index contributed by atoms with van der Waals surface area (Å²) >= 11 is 0. The lowest BCUT2D eigenvalue weighted by Gasteiger charge is -2.26. The van der Waals surface area contributed by atoms with E-state index in [0.717, 1.165) is 64.2 Å². The highest BCUT2D eigenvalue weighted by Crippen LogP contribution is 2.21. The molecule has 0 rings (SSSR count). The van der Waals surface area contributed by atoms with Gasteiger partial charge in [0, 0.05) is 12.8 Å². The Hall–Kier alpha value is -3.01. The first-order valence-electron chi connectivity index (χ1n) is 43.4. The Kier molecular flexibility index (Phi) is 78.2. The zero-order valence-corrected chi connectivity index (χ0v) is 66.6. The summed E-state index contributed by atoms with van der Waals surface area (Å²) in [4.78, 5) is 37.7. The minimum absolute atomic E-state index is 0.150. The minimum atomic E-state index is -1.62. The Morgan fingerprint density at radius 1 is 0.313 bits per heavy atom. The van der Waals surface area contributed by atoms with Crippen molar-refractivity contribution in [1.29, 1.82) is 0 Å². The second kappa shape index (κ2) is 80.7. The predicted octanol–water partition coefficient (Wildman–Crippen LogP) is 26.8. The van der Waals surface area contributed by atoms with Crippen LogP contribution in [0.4, 0.5) is 0 Å². The monoisotopic (exact) mass is 1390 g/mol. The average Bonchev–Trinajstić information content (AvgIpc) is 1.16. The topological polar surface area (TPSA) is 111 Å². The molecule has 0 aromatic heterocycles. The molecule has 2 unspecified atom stereocenters. The van der Waals surface area contributed by atoms with Gasteiger partial charge in [-0.1, -0.05) is 428 Å². The van der Waals surface area contributed by atoms with E-state index in [-0.39, 0.29) is 32.2 Å². The third kappa shape index (κ3) is 82.2. The number of allylic oxidation sites excluding steroid dienone is 10. The van der Waals surface area contributed by atoms with E-state index in [9.17, 15) is 19.5 Å². The fourth-order valence-corrected chi connectivity index (χ4v) is 13.2. The molecular formula is C90H167NO8. The number of carbonyl (C=O) groups excluding carboxylic acids is 3. The number of esters is 2. The third-order valence-corrected chi connectivity index (χ3v) is 19.8. The van der Waals surface area contributed by atoms with Gasteiger partial charge < -0.3 is 33.3 Å². The van der Waals surface area contributed by atoms with Crippen molar-refractivity contribution in [3.05, 3.63) is 60.8 Å². The van der Waals surface area contributed by atoms with Gasteiger partial charge in [-0.15, -0.1) is 0 Å². The first-order valence-corrected chi connectivity index (χ1v) is 43.4. The van der Waals surface area contributed by atoms with Crippen LogP contribution < -0.4 is 5.11 Å². The van der Waals surface area contributed by atoms with E-state index >= 15 is 0 Å². The quantitative estimate of drug-likeness (QED) is 0.0195. The van der Waals surface area contributed by atoms with Crippen LogP contribution in [0, 0.1) is 0 Å². The normalized spacial score (nSPS) is 12.9. The average molecular weight is 1390 g/mol. The van der Waals surface area contributed by atoms with Crippen molar-refractivity contribution in [3.8, 4) is 0 Å². The highest BCUT2D eigenvalue weighted by atomic mass is 16.7. The standard InChI is InChI=1S/C90H167NO8/c1-6-8-10-12-14-16-18-20-22-24-26-28-30-32-34-36-38-40-42-43-44-45-47-48-50-52-54-56-58-60-62-64-66-68-70-72-74-76-78-80-87(92)97-84-86(85-98-90(89(94)95)96-83-82-91(3,4)5)99-88(93)81-79-77-75-73-71-69-67-65-63-61-59-57-55-53-51-49-46-41-39-37-35-33-31-29-27-25-23-21-19-17-15-13-11-9-7-2/h9,11,15,17,21,23,27,29,33,35,86,90H,6-8,10,12-14,16,18-20,22,24-26,28,30-32,34,36-85H2,1-5H3/b11-9-,17-15-,23-21-,29-27-,35-33-. The maximum absolute atomic E-state index is 13.0. The van der Waals surface area contributed by atoms with Crippen molar-refractivity contribution in [2.75, 3.05) is 47.5 Å². The number of hydrogen-bond donors (Lipinski definition) is 0. The van der Waals surface area contributed by atoms with E-state index in [1.807, 2.05) is 21.1 Å². The molecule has 580 valence electrons. The second-order valence-corrected chi connectivity index (χ2v) is 30.8. The summed E-state index contributed by atoms with van der Waals surface area (Å²) in [6.45, 7) is 4.72. The molecular weight excluding hydrogens is 1220 g/mol. The van der Waals surface area contributed by atoms with Gasteiger partial charge in [-0.3, -0.25) is 9.59 Å². The molecule has 0 fully saturated rings. The first kappa shape index (κ1) is 96.0. The zero-order chi connectivity index (χ0) is 71.8. The molecule has 0 aliphatic rings. The highest BCUT2D eigenvalue weighted by Gasteiger charge is 2.22. The number of rotatable bonds is 82. The fraction of sp³-hybridized carbons (Fsp3) is 0.856. The summed E-state index contributed by atoms with van der Waals surface area (Å²) in [5.41, 5.74) is 0. The molecule has 0 saturated heterocycles. The number of likely N-dealkylation sites (N-methyl/N-ethyl adjacent to an activating group) is 1. The number of hydrogen-bond acceptors (Lipinski definition) is 8. The number of nitrogens with zero attached hydrogens (tertiary/aromatic N) is 1. The number of aliphatic carboxylic acids is 1. The number of carbonyl (C=O) groups is 3. The Bertz CT molecular complexity index is 1820. The molecule has 2 atom stereocenters. The van der Waals surface area contributed by atoms with E-state index in [1.165, 1.54) is 340 Å². The fourth-order valence-electron chi connectivity index (χ4n) is 13.2. The van der Waals surface area contributed by atoms with Crippen LogP contribution in [-0.4, -0.2) is 82.3 Å². The number of ether oxygens (including phenoxy) is 4. The largest absolute Gasteiger partial charge is 0.545 e. The van der Waals surface area contributed by atoms with Crippen LogP contribution >= 0.6 is 0 Å². The molecule has 0 saturated carbocycles. The minimum Gasteiger partial charge on any atom is -0.545 e. The van der Waals surface area contributed by atoms with E-state index in [2.05, 4.69) is 74.6 Å². The lowest BCUT2D eigenvalue weighted by molar-refractivity contribution is -0.870. The van der Waals surface area contributed by atoms with Crippen LogP contribution in [0.25, 0.3) is 0 Å². The molecule has 99 heavy (non-hydrogen) atoms. The molecule has 9 nitrogen and oxygen atoms in total. The van der Waals surface area contributed by atoms with Crippen molar-refractivity contribution in [1.82, 2.24) is 0 Å². The van der Waals surface area contributed by atoms with Gasteiger partial charge in [0.25, 0.3) is 0 Å². The molecule has 0 radical (unpaired) electrons. The van der Waals surface area contributed by atoms with E-state index in [0.29, 0.717) is 23.9 Å². The van der Waals surface area contributed by atoms with Gasteiger partial charge in [-0.2, -0.15) is 0 Å². The SMILES string of the molecule is CC/C=C\C/C=C\C/C=C\C/C=C\C/C=C\CCCCCCCCCCCCCCCCCCCCCC(=O)OC(COC(=O)CCCCCCCCCCCCCCCCCCCCCCCCCCCCCCCCCCCCCCCCC)COC(OCC[N+](C)(C)C)C(=O)[O-]. The molecule has 0 amide bonds. The van der Waals surface area contributed by atoms with Crippen molar-refractivity contribution in [2.24, 2.45) is 0 Å². The van der Waals surface area contributed by atoms with Crippen LogP contribution in [0.15, 0.2) is 60.8 Å². The smallest absolute Gasteiger partial charge is 0.306 e. The predicted molar refractivity (Wildman–Crippen MR) is 426 cm³/mol. The summed E-state index contributed by atoms with van der Waals surface area (Å²) in [6.07, 6.45) is 105. The summed E-state index contributed by atoms with van der Waals surface area (Å²) in [5.74, 6) is -2.25. The maximum Gasteiger partial charge on any atom is 0.306 e. The van der Waals surface area contributed by atoms with Gasteiger partial charge in [-0.05, 0) is 57.8 Å². The first-order chi connectivity index (χ1) is 48.6. The van der Waals surface area contributed by atoms with Crippen LogP contribution in [0.1, 0.15) is 438 Å². The van der Waals surface area contributed by atoms with Gasteiger partial charge in [0.2, 0.25) is 0 Å². The van der Waals surface area contributed by atoms with Crippen molar-refractivity contribution in [2.45, 2.75) is 450 Å². The van der Waals surface area contributed by atoms with Crippen molar-refractivity contribution < 1.29 is 42.9 Å². The van der Waals surface area contributed by atoms with Crippen LogP contribution in [-0.2, 0) is 33.3 Å². The molecule has 0 N–H and O–H groups in total. The molecule has 0 aliphatic carbocycles. The lowest BCUT2D eigenvalue weighted by Crippen LogP contribution is -2.44. The molecule has 0 heterocycles. The van der Waals surface area contributed by atoms with E-state index in [4.69, 9.17) is 18.9 Å². The van der Waals surface area contributed by atoms with Gasteiger partial charge in [0.1, 0.15) is 13.2 Å². The maximum atomic E-state index is 13.0. The van der Waals surface area contributed by atoms with Gasteiger partial charge in [-0.25, -0.2) is 0 Å². The molecule has 0 spiro atoms. The lowest BCUT2D eigenvalue weighted by atomic mass is 10.0. The van der Waals surface area contributed by atoms with Crippen molar-refractivity contribution in [3.63, 3.8) is 0 Å². The highest BCUT2D eigenvalue weighted by molar-refractivity contribution is 5.70. The molecule has 9 heteroatoms. The van der Waals surface area contributed by atoms with Crippen LogP contribution in [0.2, 0.25) is 0 Å². The number of carboxylic acid groups (broad SMARTS) is 1. The Balaban J connectivity index is 3.92. The van der Waals surface area contributed by atoms with Crippen molar-refractivity contribution >= 4 is 17.9 Å². The zero-order valence-electron chi connectivity index (χ0n) is 66.6. The molecule has 0 bridgehead atoms. The van der Waals surface area contributed by atoms with Crippen LogP contribution in [0.3, 0.4) is 0 Å². The second-order valence-electron chi connectivity index (χ2n) is 30.8. The summed E-state index contributed by atoms with van der Waals surface area (Å²) in [6, 6.07) is 0. The van der Waals surface area contributed by atoms with Crippen LogP contribution in [0.5, 0.6) is 0 Å². The summed E-state index contributed by atoms with van der Waals surface area (Å²) in [7, 11) is 5.95. The van der Waals surface area contributed by atoms with E-state index < -0.39 is 24.3 Å². The Labute approximate surface area is 615 Å². The number of unbranched alkanes of at least 4 members (excludes halogenated alkanes) is 57. The van der Waals surface area contributed by atoms with Gasteiger partial charge in [0.05, 0.1) is 40.3 Å². The van der Waals surface area contributed by atoms with Gasteiger partial charge >= 0.3 is 11.9 Å².